The zero-order valence-electron chi connectivity index (χ0n) is 19.7. The van der Waals surface area contributed by atoms with E-state index in [1.807, 2.05) is 13.8 Å². The number of nitrogens with zero attached hydrogens (tertiary/aromatic N) is 2. The molecule has 0 saturated heterocycles. The quantitative estimate of drug-likeness (QED) is 0.374. The summed E-state index contributed by atoms with van der Waals surface area (Å²) in [5.41, 5.74) is 0.0216. The Labute approximate surface area is 210 Å². The fraction of sp³-hybridized carbons (Fsp3) is 0.231. The second-order valence-corrected chi connectivity index (χ2v) is 8.89. The Balaban J connectivity index is 1.98. The zero-order chi connectivity index (χ0) is 26.2. The van der Waals surface area contributed by atoms with Crippen LogP contribution in [-0.2, 0) is 10.3 Å². The summed E-state index contributed by atoms with van der Waals surface area (Å²) in [5.74, 6) is -2.17. The maximum atomic E-state index is 14.8. The van der Waals surface area contributed by atoms with Crippen LogP contribution in [0.3, 0.4) is 0 Å². The van der Waals surface area contributed by atoms with E-state index in [0.717, 1.165) is 17.2 Å². The van der Waals surface area contributed by atoms with Crippen LogP contribution in [-0.4, -0.2) is 40.1 Å². The molecule has 1 atom stereocenters. The highest BCUT2D eigenvalue weighted by Gasteiger charge is 2.36. The number of rotatable bonds is 7. The molecule has 1 unspecified atom stereocenters. The van der Waals surface area contributed by atoms with E-state index in [1.165, 1.54) is 36.1 Å². The molecule has 0 aliphatic heterocycles. The molecule has 4 aromatic rings. The average molecular weight is 517 g/mol. The van der Waals surface area contributed by atoms with Gasteiger partial charge in [0.1, 0.15) is 17.3 Å². The van der Waals surface area contributed by atoms with Crippen LogP contribution in [0.25, 0.3) is 28.3 Å². The van der Waals surface area contributed by atoms with Gasteiger partial charge < -0.3 is 19.4 Å². The number of halogens is 3. The van der Waals surface area contributed by atoms with Crippen LogP contribution in [0.4, 0.5) is 8.78 Å². The van der Waals surface area contributed by atoms with E-state index in [9.17, 15) is 23.8 Å². The molecule has 0 aliphatic rings. The lowest BCUT2D eigenvalue weighted by atomic mass is 10.1. The molecule has 2 aromatic carbocycles. The minimum atomic E-state index is -2.03. The largest absolute Gasteiger partial charge is 0.437 e. The summed E-state index contributed by atoms with van der Waals surface area (Å²) < 4.78 is 40.5. The molecule has 2 aromatic heterocycles. The van der Waals surface area contributed by atoms with Crippen molar-refractivity contribution in [1.29, 1.82) is 0 Å². The van der Waals surface area contributed by atoms with Crippen LogP contribution in [0, 0.1) is 25.5 Å². The van der Waals surface area contributed by atoms with Crippen molar-refractivity contribution >= 4 is 11.6 Å². The lowest BCUT2D eigenvalue weighted by Crippen LogP contribution is -2.35. The third-order valence-electron chi connectivity index (χ3n) is 5.73. The van der Waals surface area contributed by atoms with Crippen molar-refractivity contribution in [3.05, 3.63) is 92.7 Å². The third-order valence-corrected chi connectivity index (χ3v) is 5.95. The first-order chi connectivity index (χ1) is 17.1. The molecule has 0 spiro atoms. The van der Waals surface area contributed by atoms with Gasteiger partial charge in [-0.1, -0.05) is 11.6 Å². The lowest BCUT2D eigenvalue weighted by Gasteiger charge is -2.20. The molecule has 10 heteroatoms. The molecule has 2 heterocycles. The Kier molecular flexibility index (Phi) is 7.10. The molecule has 2 N–H and O–H groups in total. The number of aromatic nitrogens is 2. The Morgan fingerprint density at radius 3 is 2.44 bits per heavy atom. The van der Waals surface area contributed by atoms with Crippen molar-refractivity contribution in [2.75, 3.05) is 20.3 Å². The summed E-state index contributed by atoms with van der Waals surface area (Å²) in [4.78, 5) is 17.2. The Morgan fingerprint density at radius 1 is 1.14 bits per heavy atom. The topological polar surface area (TPSA) is 97.7 Å². The van der Waals surface area contributed by atoms with E-state index in [4.69, 9.17) is 20.8 Å². The van der Waals surface area contributed by atoms with Crippen molar-refractivity contribution in [2.45, 2.75) is 19.4 Å². The van der Waals surface area contributed by atoms with Crippen LogP contribution in [0.1, 0.15) is 17.0 Å². The molecule has 0 amide bonds. The van der Waals surface area contributed by atoms with Gasteiger partial charge in [0.05, 0.1) is 24.5 Å². The van der Waals surface area contributed by atoms with E-state index >= 15 is 0 Å². The van der Waals surface area contributed by atoms with Crippen LogP contribution in [0.2, 0.25) is 5.02 Å². The number of aliphatic hydroxyl groups excluding tert-OH is 1. The molecule has 0 radical (unpaired) electrons. The monoisotopic (exact) mass is 516 g/mol. The van der Waals surface area contributed by atoms with E-state index in [-0.39, 0.29) is 35.1 Å². The second-order valence-electron chi connectivity index (χ2n) is 8.46. The molecule has 36 heavy (non-hydrogen) atoms. The van der Waals surface area contributed by atoms with Gasteiger partial charge in [-0.25, -0.2) is 13.8 Å². The minimum Gasteiger partial charge on any atom is -0.437 e. The predicted octanol–water partition coefficient (Wildman–Crippen LogP) is 4.53. The number of ether oxygens (including phenoxy) is 1. The summed E-state index contributed by atoms with van der Waals surface area (Å²) in [6.45, 7) is 2.46. The summed E-state index contributed by atoms with van der Waals surface area (Å²) in [6.07, 6.45) is 1.51. The first-order valence-corrected chi connectivity index (χ1v) is 11.2. The summed E-state index contributed by atoms with van der Waals surface area (Å²) in [6, 6.07) is 9.16. The van der Waals surface area contributed by atoms with Crippen molar-refractivity contribution in [3.8, 4) is 28.3 Å². The molecule has 0 bridgehead atoms. The van der Waals surface area contributed by atoms with Gasteiger partial charge in [-0.3, -0.25) is 9.36 Å². The standard InChI is InChI=1S/C26H23ClF2N2O5/c1-14-8-17(27)9-15(2)23(14)31-11-16(4-7-21(31)33)22-24(19-6-5-18(28)10-20(19)29)36-25(30-22)26(34,12-32)13-35-3/h4-11,32,34H,12-13H2,1-3H3. The van der Waals surface area contributed by atoms with Crippen molar-refractivity contribution in [3.63, 3.8) is 0 Å². The maximum Gasteiger partial charge on any atom is 0.255 e. The van der Waals surface area contributed by atoms with E-state index < -0.39 is 23.8 Å². The molecule has 0 aliphatic carbocycles. The number of methoxy groups -OCH3 is 1. The molecule has 0 fully saturated rings. The van der Waals surface area contributed by atoms with Gasteiger partial charge in [0, 0.05) is 36.0 Å². The Hall–Kier alpha value is -3.37. The molecule has 4 rings (SSSR count). The van der Waals surface area contributed by atoms with Crippen LogP contribution in [0.15, 0.2) is 57.9 Å². The van der Waals surface area contributed by atoms with Gasteiger partial charge in [0.15, 0.2) is 11.4 Å². The third kappa shape index (κ3) is 4.70. The number of oxazole rings is 1. The van der Waals surface area contributed by atoms with E-state index in [1.54, 1.807) is 12.1 Å². The second kappa shape index (κ2) is 9.94. The average Bonchev–Trinajstić information content (AvgIpc) is 3.25. The Bertz CT molecular complexity index is 1480. The predicted molar refractivity (Wildman–Crippen MR) is 130 cm³/mol. The van der Waals surface area contributed by atoms with Gasteiger partial charge in [0.2, 0.25) is 5.89 Å². The number of hydrogen-bond donors (Lipinski definition) is 2. The number of hydrogen-bond acceptors (Lipinski definition) is 6. The maximum absolute atomic E-state index is 14.8. The van der Waals surface area contributed by atoms with Crippen molar-refractivity contribution in [2.24, 2.45) is 0 Å². The molecule has 188 valence electrons. The molecule has 7 nitrogen and oxygen atoms in total. The summed E-state index contributed by atoms with van der Waals surface area (Å²) in [7, 11) is 1.32. The van der Waals surface area contributed by atoms with Crippen LogP contribution < -0.4 is 5.56 Å². The van der Waals surface area contributed by atoms with Crippen LogP contribution in [0.5, 0.6) is 0 Å². The number of benzene rings is 2. The first-order valence-electron chi connectivity index (χ1n) is 10.9. The highest BCUT2D eigenvalue weighted by Crippen LogP contribution is 2.37. The number of pyridine rings is 1. The fourth-order valence-electron chi connectivity index (χ4n) is 4.07. The zero-order valence-corrected chi connectivity index (χ0v) is 20.4. The van der Waals surface area contributed by atoms with Gasteiger partial charge >= 0.3 is 0 Å². The van der Waals surface area contributed by atoms with Crippen molar-refractivity contribution in [1.82, 2.24) is 9.55 Å². The minimum absolute atomic E-state index is 0.0662. The highest BCUT2D eigenvalue weighted by molar-refractivity contribution is 6.30. The highest BCUT2D eigenvalue weighted by atomic mass is 35.5. The fourth-order valence-corrected chi connectivity index (χ4v) is 4.40. The van der Waals surface area contributed by atoms with Crippen LogP contribution >= 0.6 is 11.6 Å². The normalized spacial score (nSPS) is 13.1. The molecular formula is C26H23ClF2N2O5. The smallest absolute Gasteiger partial charge is 0.255 e. The van der Waals surface area contributed by atoms with E-state index in [2.05, 4.69) is 4.98 Å². The first kappa shape index (κ1) is 25.7. The Morgan fingerprint density at radius 2 is 1.83 bits per heavy atom. The van der Waals surface area contributed by atoms with Gasteiger partial charge in [-0.05, 0) is 55.3 Å². The van der Waals surface area contributed by atoms with Gasteiger partial charge in [-0.15, -0.1) is 0 Å². The summed E-state index contributed by atoms with van der Waals surface area (Å²) >= 11 is 6.15. The van der Waals surface area contributed by atoms with E-state index in [0.29, 0.717) is 22.3 Å². The number of aryl methyl sites for hydroxylation is 2. The lowest BCUT2D eigenvalue weighted by molar-refractivity contribution is -0.0879. The molecular weight excluding hydrogens is 494 g/mol. The van der Waals surface area contributed by atoms with Gasteiger partial charge in [-0.2, -0.15) is 0 Å². The summed E-state index contributed by atoms with van der Waals surface area (Å²) in [5, 5.41) is 21.2. The van der Waals surface area contributed by atoms with Crippen molar-refractivity contribution < 1.29 is 28.1 Å². The molecule has 0 saturated carbocycles. The number of aliphatic hydroxyl groups is 2. The van der Waals surface area contributed by atoms with Gasteiger partial charge in [0.25, 0.3) is 5.56 Å². The SMILES string of the molecule is COCC(O)(CO)c1nc(-c2ccc(=O)n(-c3c(C)cc(Cl)cc3C)c2)c(-c2ccc(F)cc2F)o1.